The van der Waals surface area contributed by atoms with Crippen LogP contribution in [-0.2, 0) is 6.54 Å². The summed E-state index contributed by atoms with van der Waals surface area (Å²) in [5.41, 5.74) is 2.63. The molecule has 1 aliphatic rings. The summed E-state index contributed by atoms with van der Waals surface area (Å²) in [6, 6.07) is 9.79. The molecule has 25 heavy (non-hydrogen) atoms. The molecule has 0 saturated carbocycles. The molecule has 0 saturated heterocycles. The summed E-state index contributed by atoms with van der Waals surface area (Å²) < 4.78 is 0. The van der Waals surface area contributed by atoms with Gasteiger partial charge in [-0.3, -0.25) is 0 Å². The van der Waals surface area contributed by atoms with E-state index in [4.69, 9.17) is 11.6 Å². The minimum absolute atomic E-state index is 0.641. The SMILES string of the molecule is Cc1nc(NCCC2=CCCCC2)cc(NCc2ccccc2Cl)n1. The van der Waals surface area contributed by atoms with E-state index in [1.165, 1.54) is 25.7 Å². The molecule has 0 spiro atoms. The molecular weight excluding hydrogens is 332 g/mol. The Morgan fingerprint density at radius 2 is 1.88 bits per heavy atom. The second kappa shape index (κ2) is 8.86. The Morgan fingerprint density at radius 1 is 1.08 bits per heavy atom. The highest BCUT2D eigenvalue weighted by Crippen LogP contribution is 2.21. The van der Waals surface area contributed by atoms with E-state index < -0.39 is 0 Å². The molecule has 1 aliphatic carbocycles. The lowest BCUT2D eigenvalue weighted by molar-refractivity contribution is 0.679. The maximum atomic E-state index is 6.20. The zero-order valence-corrected chi connectivity index (χ0v) is 15.4. The van der Waals surface area contributed by atoms with Gasteiger partial charge in [-0.2, -0.15) is 0 Å². The minimum Gasteiger partial charge on any atom is -0.370 e. The van der Waals surface area contributed by atoms with Gasteiger partial charge in [0.1, 0.15) is 17.5 Å². The fraction of sp³-hybridized carbons (Fsp3) is 0.400. The van der Waals surface area contributed by atoms with Gasteiger partial charge in [0.25, 0.3) is 0 Å². The van der Waals surface area contributed by atoms with Crippen molar-refractivity contribution >= 4 is 23.2 Å². The number of allylic oxidation sites excluding steroid dienone is 1. The molecule has 0 amide bonds. The zero-order chi connectivity index (χ0) is 17.5. The van der Waals surface area contributed by atoms with Gasteiger partial charge in [0.2, 0.25) is 0 Å². The molecule has 1 heterocycles. The smallest absolute Gasteiger partial charge is 0.132 e. The van der Waals surface area contributed by atoms with Gasteiger partial charge >= 0.3 is 0 Å². The molecule has 0 fully saturated rings. The van der Waals surface area contributed by atoms with Gasteiger partial charge in [-0.15, -0.1) is 0 Å². The summed E-state index contributed by atoms with van der Waals surface area (Å²) in [7, 11) is 0. The van der Waals surface area contributed by atoms with E-state index in [0.717, 1.165) is 41.0 Å². The molecule has 0 radical (unpaired) electrons. The summed E-state index contributed by atoms with van der Waals surface area (Å²) in [5, 5.41) is 7.52. The van der Waals surface area contributed by atoms with Crippen LogP contribution in [0.2, 0.25) is 5.02 Å². The van der Waals surface area contributed by atoms with Crippen molar-refractivity contribution in [2.75, 3.05) is 17.2 Å². The Kier molecular flexibility index (Phi) is 6.29. The van der Waals surface area contributed by atoms with E-state index in [2.05, 4.69) is 26.7 Å². The van der Waals surface area contributed by atoms with Crippen LogP contribution in [0.5, 0.6) is 0 Å². The van der Waals surface area contributed by atoms with Gasteiger partial charge in [-0.05, 0) is 50.7 Å². The predicted molar refractivity (Wildman–Crippen MR) is 105 cm³/mol. The number of benzene rings is 1. The monoisotopic (exact) mass is 356 g/mol. The van der Waals surface area contributed by atoms with Crippen molar-refractivity contribution in [3.05, 3.63) is 58.4 Å². The Bertz CT molecular complexity index is 742. The number of rotatable bonds is 7. The summed E-state index contributed by atoms with van der Waals surface area (Å²) in [6.45, 7) is 3.46. The van der Waals surface area contributed by atoms with Crippen LogP contribution in [0.15, 0.2) is 42.0 Å². The van der Waals surface area contributed by atoms with Crippen molar-refractivity contribution in [2.24, 2.45) is 0 Å². The number of nitrogens with one attached hydrogen (secondary N) is 2. The van der Waals surface area contributed by atoms with Crippen molar-refractivity contribution < 1.29 is 0 Å². The van der Waals surface area contributed by atoms with Gasteiger partial charge in [0.15, 0.2) is 0 Å². The Labute approximate surface area is 154 Å². The maximum absolute atomic E-state index is 6.20. The Balaban J connectivity index is 1.56. The summed E-state index contributed by atoms with van der Waals surface area (Å²) >= 11 is 6.20. The number of nitrogens with zero attached hydrogens (tertiary/aromatic N) is 2. The van der Waals surface area contributed by atoms with Crippen molar-refractivity contribution in [3.63, 3.8) is 0 Å². The number of aromatic nitrogens is 2. The molecule has 0 bridgehead atoms. The molecular formula is C20H25ClN4. The van der Waals surface area contributed by atoms with Gasteiger partial charge in [-0.1, -0.05) is 41.4 Å². The zero-order valence-electron chi connectivity index (χ0n) is 14.7. The minimum atomic E-state index is 0.641. The third kappa shape index (κ3) is 5.46. The van der Waals surface area contributed by atoms with Crippen LogP contribution in [0.25, 0.3) is 0 Å². The van der Waals surface area contributed by atoms with E-state index in [-0.39, 0.29) is 0 Å². The van der Waals surface area contributed by atoms with Gasteiger partial charge in [0.05, 0.1) is 0 Å². The average Bonchev–Trinajstić information content (AvgIpc) is 2.62. The largest absolute Gasteiger partial charge is 0.370 e. The fourth-order valence-corrected chi connectivity index (χ4v) is 3.26. The molecule has 2 N–H and O–H groups in total. The number of anilines is 2. The highest BCUT2D eigenvalue weighted by atomic mass is 35.5. The molecule has 0 unspecified atom stereocenters. The van der Waals surface area contributed by atoms with Gasteiger partial charge in [-0.25, -0.2) is 9.97 Å². The molecule has 3 rings (SSSR count). The quantitative estimate of drug-likeness (QED) is 0.656. The van der Waals surface area contributed by atoms with Crippen LogP contribution >= 0.6 is 11.6 Å². The van der Waals surface area contributed by atoms with E-state index in [0.29, 0.717) is 6.54 Å². The highest BCUT2D eigenvalue weighted by Gasteiger charge is 2.06. The fourth-order valence-electron chi connectivity index (χ4n) is 3.06. The number of aryl methyl sites for hydroxylation is 1. The maximum Gasteiger partial charge on any atom is 0.132 e. The van der Waals surface area contributed by atoms with Crippen molar-refractivity contribution in [1.29, 1.82) is 0 Å². The standard InChI is InChI=1S/C20H25ClN4/c1-15-24-19(22-12-11-16-7-3-2-4-8-16)13-20(25-15)23-14-17-9-5-6-10-18(17)21/h5-7,9-10,13H,2-4,8,11-12,14H2,1H3,(H2,22,23,24,25). The molecule has 132 valence electrons. The predicted octanol–water partition coefficient (Wildman–Crippen LogP) is 5.35. The number of hydrogen-bond acceptors (Lipinski definition) is 4. The van der Waals surface area contributed by atoms with E-state index in [9.17, 15) is 0 Å². The molecule has 1 aromatic heterocycles. The third-order valence-corrected chi connectivity index (χ3v) is 4.76. The first kappa shape index (κ1) is 17.7. The van der Waals surface area contributed by atoms with Crippen molar-refractivity contribution in [2.45, 2.75) is 45.6 Å². The Hall–Kier alpha value is -2.07. The van der Waals surface area contributed by atoms with Crippen LogP contribution in [0.4, 0.5) is 11.6 Å². The first-order valence-corrected chi connectivity index (χ1v) is 9.33. The topological polar surface area (TPSA) is 49.8 Å². The normalized spacial score (nSPS) is 14.1. The molecule has 0 aliphatic heterocycles. The Morgan fingerprint density at radius 3 is 2.64 bits per heavy atom. The van der Waals surface area contributed by atoms with E-state index in [1.54, 1.807) is 5.57 Å². The second-order valence-electron chi connectivity index (χ2n) is 6.42. The summed E-state index contributed by atoms with van der Waals surface area (Å²) in [5.74, 6) is 2.43. The lowest BCUT2D eigenvalue weighted by Gasteiger charge is -2.14. The van der Waals surface area contributed by atoms with Crippen LogP contribution in [0.3, 0.4) is 0 Å². The van der Waals surface area contributed by atoms with Crippen molar-refractivity contribution in [1.82, 2.24) is 9.97 Å². The molecule has 5 heteroatoms. The van der Waals surface area contributed by atoms with Crippen LogP contribution in [0, 0.1) is 6.92 Å². The molecule has 4 nitrogen and oxygen atoms in total. The summed E-state index contributed by atoms with van der Waals surface area (Å²) in [4.78, 5) is 8.94. The van der Waals surface area contributed by atoms with Crippen LogP contribution in [-0.4, -0.2) is 16.5 Å². The number of hydrogen-bond donors (Lipinski definition) is 2. The van der Waals surface area contributed by atoms with Gasteiger partial charge in [0, 0.05) is 24.2 Å². The molecule has 0 atom stereocenters. The summed E-state index contributed by atoms with van der Waals surface area (Å²) in [6.07, 6.45) is 8.63. The first-order valence-electron chi connectivity index (χ1n) is 8.95. The third-order valence-electron chi connectivity index (χ3n) is 4.39. The molecule has 1 aromatic carbocycles. The van der Waals surface area contributed by atoms with Gasteiger partial charge < -0.3 is 10.6 Å². The molecule has 2 aromatic rings. The highest BCUT2D eigenvalue weighted by molar-refractivity contribution is 6.31. The van der Waals surface area contributed by atoms with Crippen LogP contribution in [0.1, 0.15) is 43.5 Å². The second-order valence-corrected chi connectivity index (χ2v) is 6.82. The average molecular weight is 357 g/mol. The lowest BCUT2D eigenvalue weighted by atomic mass is 9.97. The van der Waals surface area contributed by atoms with Crippen LogP contribution < -0.4 is 10.6 Å². The lowest BCUT2D eigenvalue weighted by Crippen LogP contribution is -2.09. The van der Waals surface area contributed by atoms with E-state index in [1.807, 2.05) is 37.3 Å². The van der Waals surface area contributed by atoms with E-state index >= 15 is 0 Å². The first-order chi connectivity index (χ1) is 12.2. The number of halogens is 1. The van der Waals surface area contributed by atoms with Crippen molar-refractivity contribution in [3.8, 4) is 0 Å².